The molecular formula is C15H15Cl2NO. The van der Waals surface area contributed by atoms with Crippen molar-refractivity contribution in [2.45, 2.75) is 13.0 Å². The van der Waals surface area contributed by atoms with Gasteiger partial charge in [-0.3, -0.25) is 0 Å². The van der Waals surface area contributed by atoms with Gasteiger partial charge in [-0.05, 0) is 25.1 Å². The van der Waals surface area contributed by atoms with Crippen LogP contribution in [0, 0.1) is 0 Å². The Balaban J connectivity index is 2.47. The molecule has 0 saturated carbocycles. The summed E-state index contributed by atoms with van der Waals surface area (Å²) in [6.45, 7) is 2.52. The van der Waals surface area contributed by atoms with Gasteiger partial charge in [-0.15, -0.1) is 0 Å². The molecule has 0 aliphatic carbocycles. The first kappa shape index (κ1) is 14.2. The molecule has 0 heterocycles. The average Bonchev–Trinajstić information content (AvgIpc) is 2.39. The zero-order chi connectivity index (χ0) is 13.8. The van der Waals surface area contributed by atoms with E-state index < -0.39 is 6.04 Å². The van der Waals surface area contributed by atoms with Gasteiger partial charge in [0, 0.05) is 21.2 Å². The van der Waals surface area contributed by atoms with E-state index in [0.717, 1.165) is 16.9 Å². The molecule has 0 aliphatic rings. The number of para-hydroxylation sites is 1. The number of benzene rings is 2. The van der Waals surface area contributed by atoms with E-state index in [9.17, 15) is 0 Å². The highest BCUT2D eigenvalue weighted by Gasteiger charge is 2.19. The van der Waals surface area contributed by atoms with Gasteiger partial charge in [0.05, 0.1) is 12.6 Å². The summed E-state index contributed by atoms with van der Waals surface area (Å²) in [6, 6.07) is 12.6. The molecule has 0 amide bonds. The molecule has 0 spiro atoms. The Morgan fingerprint density at radius 3 is 2.32 bits per heavy atom. The Morgan fingerprint density at radius 1 is 1.05 bits per heavy atom. The van der Waals surface area contributed by atoms with Crippen LogP contribution in [-0.2, 0) is 0 Å². The third kappa shape index (κ3) is 3.03. The third-order valence-corrected chi connectivity index (χ3v) is 3.52. The maximum absolute atomic E-state index is 6.30. The van der Waals surface area contributed by atoms with Crippen molar-refractivity contribution in [3.63, 3.8) is 0 Å². The molecule has 0 bridgehead atoms. The molecule has 0 fully saturated rings. The van der Waals surface area contributed by atoms with E-state index in [1.165, 1.54) is 0 Å². The zero-order valence-corrected chi connectivity index (χ0v) is 12.1. The predicted octanol–water partition coefficient (Wildman–Crippen LogP) is 4.44. The van der Waals surface area contributed by atoms with E-state index in [1.54, 1.807) is 18.2 Å². The Bertz CT molecular complexity index is 552. The van der Waals surface area contributed by atoms with Crippen LogP contribution in [0.2, 0.25) is 10.0 Å². The van der Waals surface area contributed by atoms with Gasteiger partial charge >= 0.3 is 0 Å². The Labute approximate surface area is 123 Å². The van der Waals surface area contributed by atoms with Gasteiger partial charge in [0.25, 0.3) is 0 Å². The van der Waals surface area contributed by atoms with Crippen molar-refractivity contribution in [1.82, 2.24) is 0 Å². The van der Waals surface area contributed by atoms with Gasteiger partial charge in [0.1, 0.15) is 5.75 Å². The summed E-state index contributed by atoms with van der Waals surface area (Å²) < 4.78 is 5.59. The summed E-state index contributed by atoms with van der Waals surface area (Å²) in [4.78, 5) is 0. The molecule has 0 aliphatic heterocycles. The number of hydrogen-bond acceptors (Lipinski definition) is 2. The molecule has 4 heteroatoms. The fourth-order valence-corrected chi connectivity index (χ4v) is 2.62. The largest absolute Gasteiger partial charge is 0.494 e. The topological polar surface area (TPSA) is 35.2 Å². The van der Waals surface area contributed by atoms with Crippen LogP contribution in [0.15, 0.2) is 42.5 Å². The molecule has 1 atom stereocenters. The lowest BCUT2D eigenvalue weighted by molar-refractivity contribution is 0.335. The monoisotopic (exact) mass is 295 g/mol. The molecule has 2 rings (SSSR count). The standard InChI is InChI=1S/C15H15Cl2NO/c1-2-19-13-9-4-3-6-10(13)15(18)14-11(16)7-5-8-12(14)17/h3-9,15H,2,18H2,1H3. The molecule has 1 unspecified atom stereocenters. The van der Waals surface area contributed by atoms with E-state index in [4.69, 9.17) is 33.7 Å². The quantitative estimate of drug-likeness (QED) is 0.905. The number of hydrogen-bond donors (Lipinski definition) is 1. The number of rotatable bonds is 4. The second-order valence-electron chi connectivity index (χ2n) is 4.08. The number of nitrogens with two attached hydrogens (primary N) is 1. The first-order chi connectivity index (χ1) is 9.15. The minimum atomic E-state index is -0.413. The van der Waals surface area contributed by atoms with Gasteiger partial charge < -0.3 is 10.5 Å². The second kappa shape index (κ2) is 6.29. The van der Waals surface area contributed by atoms with E-state index >= 15 is 0 Å². The summed E-state index contributed by atoms with van der Waals surface area (Å²) >= 11 is 12.4. The van der Waals surface area contributed by atoms with E-state index in [2.05, 4.69) is 0 Å². The zero-order valence-electron chi connectivity index (χ0n) is 10.6. The third-order valence-electron chi connectivity index (χ3n) is 2.86. The van der Waals surface area contributed by atoms with Crippen LogP contribution in [0.25, 0.3) is 0 Å². The van der Waals surface area contributed by atoms with Crippen LogP contribution in [0.4, 0.5) is 0 Å². The first-order valence-electron chi connectivity index (χ1n) is 6.06. The minimum Gasteiger partial charge on any atom is -0.494 e. The molecule has 19 heavy (non-hydrogen) atoms. The molecular weight excluding hydrogens is 281 g/mol. The fourth-order valence-electron chi connectivity index (χ4n) is 1.99. The summed E-state index contributed by atoms with van der Waals surface area (Å²) in [5, 5.41) is 1.12. The highest BCUT2D eigenvalue weighted by atomic mass is 35.5. The second-order valence-corrected chi connectivity index (χ2v) is 4.90. The van der Waals surface area contributed by atoms with Gasteiger partial charge in [0.15, 0.2) is 0 Å². The van der Waals surface area contributed by atoms with Crippen LogP contribution in [-0.4, -0.2) is 6.61 Å². The maximum atomic E-state index is 6.30. The molecule has 2 aromatic rings. The van der Waals surface area contributed by atoms with E-state index in [0.29, 0.717) is 16.7 Å². The summed E-state index contributed by atoms with van der Waals surface area (Å²) in [5.74, 6) is 0.758. The van der Waals surface area contributed by atoms with Crippen molar-refractivity contribution < 1.29 is 4.74 Å². The lowest BCUT2D eigenvalue weighted by Gasteiger charge is -2.19. The van der Waals surface area contributed by atoms with Gasteiger partial charge in [-0.1, -0.05) is 47.5 Å². The molecule has 2 N–H and O–H groups in total. The average molecular weight is 296 g/mol. The summed E-state index contributed by atoms with van der Waals surface area (Å²) in [6.07, 6.45) is 0. The smallest absolute Gasteiger partial charge is 0.124 e. The van der Waals surface area contributed by atoms with Crippen molar-refractivity contribution in [3.8, 4) is 5.75 Å². The van der Waals surface area contributed by atoms with Gasteiger partial charge in [0.2, 0.25) is 0 Å². The maximum Gasteiger partial charge on any atom is 0.124 e. The van der Waals surface area contributed by atoms with Crippen molar-refractivity contribution in [1.29, 1.82) is 0 Å². The minimum absolute atomic E-state index is 0.413. The van der Waals surface area contributed by atoms with Crippen LogP contribution < -0.4 is 10.5 Å². The van der Waals surface area contributed by atoms with Crippen molar-refractivity contribution in [2.24, 2.45) is 5.73 Å². The molecule has 0 radical (unpaired) electrons. The molecule has 0 aromatic heterocycles. The van der Waals surface area contributed by atoms with Crippen LogP contribution in [0.1, 0.15) is 24.1 Å². The van der Waals surface area contributed by atoms with E-state index in [-0.39, 0.29) is 0 Å². The van der Waals surface area contributed by atoms with Crippen LogP contribution in [0.3, 0.4) is 0 Å². The lowest BCUT2D eigenvalue weighted by atomic mass is 9.98. The highest BCUT2D eigenvalue weighted by molar-refractivity contribution is 6.36. The summed E-state index contributed by atoms with van der Waals surface area (Å²) in [7, 11) is 0. The van der Waals surface area contributed by atoms with Crippen LogP contribution >= 0.6 is 23.2 Å². The van der Waals surface area contributed by atoms with Gasteiger partial charge in [-0.25, -0.2) is 0 Å². The van der Waals surface area contributed by atoms with Crippen LogP contribution in [0.5, 0.6) is 5.75 Å². The Hall–Kier alpha value is -1.22. The molecule has 0 saturated heterocycles. The van der Waals surface area contributed by atoms with Crippen molar-refractivity contribution in [2.75, 3.05) is 6.61 Å². The number of halogens is 2. The lowest BCUT2D eigenvalue weighted by Crippen LogP contribution is -2.14. The van der Waals surface area contributed by atoms with Gasteiger partial charge in [-0.2, -0.15) is 0 Å². The molecule has 100 valence electrons. The van der Waals surface area contributed by atoms with E-state index in [1.807, 2.05) is 31.2 Å². The highest BCUT2D eigenvalue weighted by Crippen LogP contribution is 2.35. The Morgan fingerprint density at radius 2 is 1.68 bits per heavy atom. The van der Waals surface area contributed by atoms with Crippen molar-refractivity contribution >= 4 is 23.2 Å². The fraction of sp³-hybridized carbons (Fsp3) is 0.200. The molecule has 2 aromatic carbocycles. The molecule has 2 nitrogen and oxygen atoms in total. The normalized spacial score (nSPS) is 12.2. The Kier molecular flexibility index (Phi) is 4.70. The number of ether oxygens (including phenoxy) is 1. The SMILES string of the molecule is CCOc1ccccc1C(N)c1c(Cl)cccc1Cl. The summed E-state index contributed by atoms with van der Waals surface area (Å²) in [5.41, 5.74) is 7.89. The predicted molar refractivity (Wildman–Crippen MR) is 80.1 cm³/mol. The first-order valence-corrected chi connectivity index (χ1v) is 6.82. The van der Waals surface area contributed by atoms with Crippen molar-refractivity contribution in [3.05, 3.63) is 63.6 Å².